The van der Waals surface area contributed by atoms with Crippen LogP contribution < -0.4 is 5.32 Å². The lowest BCUT2D eigenvalue weighted by molar-refractivity contribution is 0.0931. The molecule has 0 aliphatic carbocycles. The molecule has 116 valence electrons. The van der Waals surface area contributed by atoms with Crippen molar-refractivity contribution in [3.63, 3.8) is 0 Å². The van der Waals surface area contributed by atoms with Gasteiger partial charge in [0, 0.05) is 13.1 Å². The van der Waals surface area contributed by atoms with E-state index in [-0.39, 0.29) is 5.91 Å². The summed E-state index contributed by atoms with van der Waals surface area (Å²) in [7, 11) is 0. The van der Waals surface area contributed by atoms with Gasteiger partial charge in [-0.15, -0.1) is 0 Å². The predicted molar refractivity (Wildman–Crippen MR) is 85.4 cm³/mol. The second-order valence-corrected chi connectivity index (χ2v) is 5.88. The van der Waals surface area contributed by atoms with Crippen molar-refractivity contribution >= 4 is 5.91 Å². The quantitative estimate of drug-likeness (QED) is 0.888. The van der Waals surface area contributed by atoms with Crippen LogP contribution in [0.15, 0.2) is 42.9 Å². The zero-order valence-corrected chi connectivity index (χ0v) is 12.7. The number of benzene rings is 1. The highest BCUT2D eigenvalue weighted by Gasteiger charge is 2.20. The maximum Gasteiger partial charge on any atom is 0.269 e. The molecule has 0 saturated carbocycles. The first kappa shape index (κ1) is 14.8. The van der Waals surface area contributed by atoms with E-state index in [1.54, 1.807) is 6.20 Å². The maximum atomic E-state index is 11.9. The molecule has 1 aliphatic rings. The second-order valence-electron chi connectivity index (χ2n) is 5.88. The Kier molecular flexibility index (Phi) is 4.85. The molecule has 1 fully saturated rings. The first-order valence-corrected chi connectivity index (χ1v) is 7.84. The molecule has 5 heteroatoms. The number of carbonyl (C=O) groups excluding carboxylic acids is 1. The number of hydrogen-bond acceptors (Lipinski definition) is 3. The number of nitrogens with one attached hydrogen (secondary N) is 2. The first-order chi connectivity index (χ1) is 10.8. The predicted octanol–water partition coefficient (Wildman–Crippen LogP) is 2.05. The highest BCUT2D eigenvalue weighted by atomic mass is 16.1. The van der Waals surface area contributed by atoms with E-state index in [0.717, 1.165) is 39.0 Å². The molecular formula is C17H22N4O. The minimum atomic E-state index is -0.0655. The number of hydrogen-bond donors (Lipinski definition) is 2. The van der Waals surface area contributed by atoms with Crippen LogP contribution in [0.25, 0.3) is 0 Å². The maximum absolute atomic E-state index is 11.9. The van der Waals surface area contributed by atoms with E-state index in [9.17, 15) is 4.79 Å². The molecule has 1 aromatic carbocycles. The fourth-order valence-electron chi connectivity index (χ4n) is 2.90. The number of H-pyrrole nitrogens is 1. The number of imidazole rings is 1. The lowest BCUT2D eigenvalue weighted by Crippen LogP contribution is -2.38. The van der Waals surface area contributed by atoms with Gasteiger partial charge < -0.3 is 10.3 Å². The number of aromatic amines is 1. The summed E-state index contributed by atoms with van der Waals surface area (Å²) in [5, 5.41) is 2.99. The van der Waals surface area contributed by atoms with Crippen LogP contribution >= 0.6 is 0 Å². The van der Waals surface area contributed by atoms with Gasteiger partial charge in [-0.3, -0.25) is 9.69 Å². The number of likely N-dealkylation sites (tertiary alicyclic amines) is 1. The molecule has 2 heterocycles. The second kappa shape index (κ2) is 7.22. The number of aromatic nitrogens is 2. The van der Waals surface area contributed by atoms with Gasteiger partial charge in [0.25, 0.3) is 5.91 Å². The molecular weight excluding hydrogens is 276 g/mol. The molecule has 0 unspecified atom stereocenters. The van der Waals surface area contributed by atoms with E-state index in [2.05, 4.69) is 50.5 Å². The molecule has 2 N–H and O–H groups in total. The monoisotopic (exact) mass is 298 g/mol. The van der Waals surface area contributed by atoms with Crippen molar-refractivity contribution in [1.29, 1.82) is 0 Å². The van der Waals surface area contributed by atoms with Crippen LogP contribution in [0.2, 0.25) is 0 Å². The van der Waals surface area contributed by atoms with Crippen molar-refractivity contribution in [3.8, 4) is 0 Å². The van der Waals surface area contributed by atoms with Gasteiger partial charge in [0.2, 0.25) is 0 Å². The molecule has 1 saturated heterocycles. The first-order valence-electron chi connectivity index (χ1n) is 7.84. The van der Waals surface area contributed by atoms with Crippen molar-refractivity contribution < 1.29 is 4.79 Å². The summed E-state index contributed by atoms with van der Waals surface area (Å²) in [5.74, 6) is 0.503. The third kappa shape index (κ3) is 3.95. The summed E-state index contributed by atoms with van der Waals surface area (Å²) < 4.78 is 0. The van der Waals surface area contributed by atoms with Crippen molar-refractivity contribution in [2.24, 2.45) is 5.92 Å². The van der Waals surface area contributed by atoms with Gasteiger partial charge >= 0.3 is 0 Å². The molecule has 1 aliphatic heterocycles. The lowest BCUT2D eigenvalue weighted by atomic mass is 9.96. The summed E-state index contributed by atoms with van der Waals surface area (Å²) in [6, 6.07) is 10.6. The fourth-order valence-corrected chi connectivity index (χ4v) is 2.90. The average Bonchev–Trinajstić information content (AvgIpc) is 3.09. The summed E-state index contributed by atoms with van der Waals surface area (Å²) in [6.45, 7) is 3.96. The van der Waals surface area contributed by atoms with Gasteiger partial charge in [-0.1, -0.05) is 30.3 Å². The number of nitrogens with zero attached hydrogens (tertiary/aromatic N) is 2. The van der Waals surface area contributed by atoms with E-state index < -0.39 is 0 Å². The Morgan fingerprint density at radius 2 is 2.05 bits per heavy atom. The number of piperidine rings is 1. The Labute approximate surface area is 130 Å². The molecule has 2 aromatic rings. The SMILES string of the molecule is O=C(NCC1CCN(Cc2ccccc2)CC1)c1cnc[nH]1. The molecule has 1 amide bonds. The van der Waals surface area contributed by atoms with Crippen molar-refractivity contribution in [3.05, 3.63) is 54.1 Å². The van der Waals surface area contributed by atoms with E-state index in [0.29, 0.717) is 11.6 Å². The minimum absolute atomic E-state index is 0.0655. The van der Waals surface area contributed by atoms with Gasteiger partial charge in [0.15, 0.2) is 0 Å². The molecule has 0 bridgehead atoms. The van der Waals surface area contributed by atoms with Crippen LogP contribution in [-0.2, 0) is 6.54 Å². The third-order valence-corrected chi connectivity index (χ3v) is 4.25. The van der Waals surface area contributed by atoms with E-state index in [1.165, 1.54) is 11.9 Å². The van der Waals surface area contributed by atoms with Crippen molar-refractivity contribution in [1.82, 2.24) is 20.2 Å². The minimum Gasteiger partial charge on any atom is -0.350 e. The Balaban J connectivity index is 1.39. The lowest BCUT2D eigenvalue weighted by Gasteiger charge is -2.32. The molecule has 0 spiro atoms. The number of amides is 1. The smallest absolute Gasteiger partial charge is 0.269 e. The Bertz CT molecular complexity index is 574. The fraction of sp³-hybridized carbons (Fsp3) is 0.412. The standard InChI is InChI=1S/C17H22N4O/c22-17(16-11-18-13-20-16)19-10-14-6-8-21(9-7-14)12-15-4-2-1-3-5-15/h1-5,11,13-14H,6-10,12H2,(H,18,20)(H,19,22). The van der Waals surface area contributed by atoms with Crippen LogP contribution in [0, 0.1) is 5.92 Å². The third-order valence-electron chi connectivity index (χ3n) is 4.25. The summed E-state index contributed by atoms with van der Waals surface area (Å²) in [6.07, 6.45) is 5.35. The number of rotatable bonds is 5. The highest BCUT2D eigenvalue weighted by molar-refractivity contribution is 5.91. The van der Waals surface area contributed by atoms with E-state index in [1.807, 2.05) is 0 Å². The van der Waals surface area contributed by atoms with Gasteiger partial charge in [0.1, 0.15) is 5.69 Å². The van der Waals surface area contributed by atoms with Crippen LogP contribution in [0.5, 0.6) is 0 Å². The van der Waals surface area contributed by atoms with Gasteiger partial charge in [-0.05, 0) is 37.4 Å². The summed E-state index contributed by atoms with van der Waals surface area (Å²) in [4.78, 5) is 21.0. The molecule has 22 heavy (non-hydrogen) atoms. The van der Waals surface area contributed by atoms with Crippen molar-refractivity contribution in [2.45, 2.75) is 19.4 Å². The Hall–Kier alpha value is -2.14. The van der Waals surface area contributed by atoms with Crippen molar-refractivity contribution in [2.75, 3.05) is 19.6 Å². The van der Waals surface area contributed by atoms with Crippen LogP contribution in [-0.4, -0.2) is 40.4 Å². The van der Waals surface area contributed by atoms with E-state index in [4.69, 9.17) is 0 Å². The normalized spacial score (nSPS) is 16.5. The topological polar surface area (TPSA) is 61.0 Å². The van der Waals surface area contributed by atoms with Crippen LogP contribution in [0.3, 0.4) is 0 Å². The van der Waals surface area contributed by atoms with E-state index >= 15 is 0 Å². The number of carbonyl (C=O) groups is 1. The summed E-state index contributed by atoms with van der Waals surface area (Å²) in [5.41, 5.74) is 1.90. The highest BCUT2D eigenvalue weighted by Crippen LogP contribution is 2.18. The Morgan fingerprint density at radius 1 is 1.27 bits per heavy atom. The zero-order valence-electron chi connectivity index (χ0n) is 12.7. The van der Waals surface area contributed by atoms with Gasteiger partial charge in [0.05, 0.1) is 12.5 Å². The van der Waals surface area contributed by atoms with Crippen LogP contribution in [0.4, 0.5) is 0 Å². The summed E-state index contributed by atoms with van der Waals surface area (Å²) >= 11 is 0. The molecule has 0 radical (unpaired) electrons. The Morgan fingerprint density at radius 3 is 2.73 bits per heavy atom. The average molecular weight is 298 g/mol. The molecule has 1 aromatic heterocycles. The largest absolute Gasteiger partial charge is 0.350 e. The van der Waals surface area contributed by atoms with Gasteiger partial charge in [-0.25, -0.2) is 4.98 Å². The molecule has 5 nitrogen and oxygen atoms in total. The van der Waals surface area contributed by atoms with Gasteiger partial charge in [-0.2, -0.15) is 0 Å². The zero-order chi connectivity index (χ0) is 15.2. The molecule has 0 atom stereocenters. The van der Waals surface area contributed by atoms with Crippen LogP contribution in [0.1, 0.15) is 28.9 Å². The molecule has 3 rings (SSSR count).